The van der Waals surface area contributed by atoms with Crippen LogP contribution in [0.3, 0.4) is 0 Å². The van der Waals surface area contributed by atoms with Crippen LogP contribution in [0.4, 0.5) is 5.69 Å². The van der Waals surface area contributed by atoms with Gasteiger partial charge in [0, 0.05) is 44.9 Å². The lowest BCUT2D eigenvalue weighted by Crippen LogP contribution is -2.37. The molecule has 1 aliphatic heterocycles. The van der Waals surface area contributed by atoms with E-state index in [1.807, 2.05) is 19.4 Å². The van der Waals surface area contributed by atoms with Crippen LogP contribution < -0.4 is 5.32 Å². The average Bonchev–Trinajstić information content (AvgIpc) is 3.22. The van der Waals surface area contributed by atoms with E-state index in [0.29, 0.717) is 24.6 Å². The third-order valence-electron chi connectivity index (χ3n) is 4.52. The van der Waals surface area contributed by atoms with Crippen molar-refractivity contribution >= 4 is 28.9 Å². The molecule has 2 aromatic rings. The number of amides is 1. The van der Waals surface area contributed by atoms with Gasteiger partial charge in [-0.05, 0) is 30.8 Å². The molecule has 0 radical (unpaired) electrons. The molecule has 25 heavy (non-hydrogen) atoms. The van der Waals surface area contributed by atoms with Gasteiger partial charge in [-0.3, -0.25) is 4.79 Å². The molecular weight excluding hydrogens is 340 g/mol. The van der Waals surface area contributed by atoms with Crippen molar-refractivity contribution < 1.29 is 14.7 Å². The third-order valence-corrected chi connectivity index (χ3v) is 5.42. The van der Waals surface area contributed by atoms with Gasteiger partial charge in [0.25, 0.3) is 0 Å². The fourth-order valence-corrected chi connectivity index (χ4v) is 3.97. The highest BCUT2D eigenvalue weighted by molar-refractivity contribution is 7.12. The van der Waals surface area contributed by atoms with Crippen LogP contribution in [0.1, 0.15) is 40.7 Å². The maximum Gasteiger partial charge on any atom is 0.348 e. The minimum absolute atomic E-state index is 0.153. The van der Waals surface area contributed by atoms with Crippen molar-refractivity contribution in [3.05, 3.63) is 34.5 Å². The predicted molar refractivity (Wildman–Crippen MR) is 96.1 cm³/mol. The van der Waals surface area contributed by atoms with Gasteiger partial charge < -0.3 is 19.9 Å². The second-order valence-electron chi connectivity index (χ2n) is 6.30. The first-order valence-corrected chi connectivity index (χ1v) is 9.22. The minimum atomic E-state index is -1.01. The van der Waals surface area contributed by atoms with Crippen molar-refractivity contribution in [1.82, 2.24) is 14.5 Å². The zero-order valence-electron chi connectivity index (χ0n) is 14.1. The summed E-state index contributed by atoms with van der Waals surface area (Å²) >= 11 is 1.11. The van der Waals surface area contributed by atoms with Crippen molar-refractivity contribution in [1.29, 1.82) is 0 Å². The predicted octanol–water partition coefficient (Wildman–Crippen LogP) is 2.39. The lowest BCUT2D eigenvalue weighted by atomic mass is 9.97. The van der Waals surface area contributed by atoms with E-state index in [0.717, 1.165) is 43.1 Å². The van der Waals surface area contributed by atoms with Gasteiger partial charge in [0.05, 0.1) is 5.69 Å². The first-order chi connectivity index (χ1) is 12.0. The summed E-state index contributed by atoms with van der Waals surface area (Å²) in [4.78, 5) is 30.1. The summed E-state index contributed by atoms with van der Waals surface area (Å²) in [7, 11) is 2.01. The van der Waals surface area contributed by atoms with Crippen LogP contribution in [0.15, 0.2) is 23.8 Å². The molecule has 134 valence electrons. The monoisotopic (exact) mass is 362 g/mol. The quantitative estimate of drug-likeness (QED) is 0.824. The molecule has 0 bridgehead atoms. The number of hydrogen-bond acceptors (Lipinski definition) is 5. The van der Waals surface area contributed by atoms with E-state index in [9.17, 15) is 9.59 Å². The van der Waals surface area contributed by atoms with E-state index in [-0.39, 0.29) is 10.8 Å². The Morgan fingerprint density at radius 1 is 1.48 bits per heavy atom. The highest BCUT2D eigenvalue weighted by Gasteiger charge is 2.24. The molecule has 7 nitrogen and oxygen atoms in total. The molecular formula is C17H22N4O3S. The summed E-state index contributed by atoms with van der Waals surface area (Å²) in [5, 5.41) is 13.5. The first kappa shape index (κ1) is 17.6. The van der Waals surface area contributed by atoms with Gasteiger partial charge in [-0.1, -0.05) is 0 Å². The largest absolute Gasteiger partial charge is 0.477 e. The number of hydrogen-bond donors (Lipinski definition) is 2. The van der Waals surface area contributed by atoms with Crippen LogP contribution in [0.2, 0.25) is 0 Å². The van der Waals surface area contributed by atoms with Gasteiger partial charge >= 0.3 is 5.97 Å². The van der Waals surface area contributed by atoms with Crippen LogP contribution in [-0.4, -0.2) is 51.1 Å². The van der Waals surface area contributed by atoms with Crippen molar-refractivity contribution in [2.75, 3.05) is 25.0 Å². The highest BCUT2D eigenvalue weighted by Crippen LogP contribution is 2.26. The van der Waals surface area contributed by atoms with E-state index < -0.39 is 5.97 Å². The second kappa shape index (κ2) is 7.79. The molecule has 0 saturated carbocycles. The standard InChI is InChI=1S/C17H22N4O3S/c1-20-9-6-18-16(20)12-3-2-7-21(11-12)8-4-14(22)19-13-5-10-25-15(13)17(23)24/h5-6,9-10,12H,2-4,7-8,11H2,1H3,(H,19,22)(H,23,24). The number of rotatable bonds is 6. The highest BCUT2D eigenvalue weighted by atomic mass is 32.1. The van der Waals surface area contributed by atoms with Gasteiger partial charge in [-0.15, -0.1) is 11.3 Å². The number of carboxylic acids is 1. The van der Waals surface area contributed by atoms with Gasteiger partial charge in [0.2, 0.25) is 5.91 Å². The molecule has 0 aliphatic carbocycles. The number of nitrogens with one attached hydrogen (secondary N) is 1. The maximum absolute atomic E-state index is 12.1. The van der Waals surface area contributed by atoms with E-state index in [1.54, 1.807) is 11.4 Å². The number of imidazole rings is 1. The van der Waals surface area contributed by atoms with Crippen molar-refractivity contribution in [2.45, 2.75) is 25.2 Å². The summed E-state index contributed by atoms with van der Waals surface area (Å²) < 4.78 is 2.06. The Balaban J connectivity index is 1.51. The number of piperidine rings is 1. The van der Waals surface area contributed by atoms with Crippen LogP contribution in [-0.2, 0) is 11.8 Å². The van der Waals surface area contributed by atoms with E-state index >= 15 is 0 Å². The van der Waals surface area contributed by atoms with Crippen LogP contribution in [0, 0.1) is 0 Å². The lowest BCUT2D eigenvalue weighted by molar-refractivity contribution is -0.116. The smallest absolute Gasteiger partial charge is 0.348 e. The van der Waals surface area contributed by atoms with E-state index in [1.165, 1.54) is 0 Å². The van der Waals surface area contributed by atoms with Crippen LogP contribution >= 0.6 is 11.3 Å². The molecule has 1 fully saturated rings. The number of thiophene rings is 1. The molecule has 2 N–H and O–H groups in total. The summed E-state index contributed by atoms with van der Waals surface area (Å²) in [5.41, 5.74) is 0.382. The normalized spacial score (nSPS) is 18.2. The zero-order chi connectivity index (χ0) is 17.8. The maximum atomic E-state index is 12.1. The summed E-state index contributed by atoms with van der Waals surface area (Å²) in [6.07, 6.45) is 6.34. The van der Waals surface area contributed by atoms with Gasteiger partial charge in [-0.25, -0.2) is 9.78 Å². The molecule has 1 amide bonds. The fourth-order valence-electron chi connectivity index (χ4n) is 3.29. The molecule has 0 aromatic carbocycles. The Bertz CT molecular complexity index is 755. The van der Waals surface area contributed by atoms with E-state index in [2.05, 4.69) is 19.8 Å². The molecule has 0 spiro atoms. The number of carboxylic acid groups (broad SMARTS) is 1. The minimum Gasteiger partial charge on any atom is -0.477 e. The number of aryl methyl sites for hydroxylation is 1. The molecule has 8 heteroatoms. The average molecular weight is 362 g/mol. The Morgan fingerprint density at radius 3 is 3.04 bits per heavy atom. The van der Waals surface area contributed by atoms with Crippen molar-refractivity contribution in [2.24, 2.45) is 7.05 Å². The molecule has 1 aliphatic rings. The molecule has 3 heterocycles. The second-order valence-corrected chi connectivity index (χ2v) is 7.22. The van der Waals surface area contributed by atoms with Gasteiger partial charge in [0.1, 0.15) is 10.7 Å². The molecule has 1 unspecified atom stereocenters. The van der Waals surface area contributed by atoms with Crippen LogP contribution in [0.25, 0.3) is 0 Å². The van der Waals surface area contributed by atoms with Crippen LogP contribution in [0.5, 0.6) is 0 Å². The SMILES string of the molecule is Cn1ccnc1C1CCCN(CCC(=O)Nc2ccsc2C(=O)O)C1. The Morgan fingerprint density at radius 2 is 2.32 bits per heavy atom. The Labute approximate surface area is 150 Å². The number of likely N-dealkylation sites (tertiary alicyclic amines) is 1. The number of aromatic carboxylic acids is 1. The van der Waals surface area contributed by atoms with Gasteiger partial charge in [0.15, 0.2) is 0 Å². The summed E-state index contributed by atoms with van der Waals surface area (Å²) in [5.74, 6) is 0.324. The molecule has 1 saturated heterocycles. The van der Waals surface area contributed by atoms with E-state index in [4.69, 9.17) is 5.11 Å². The first-order valence-electron chi connectivity index (χ1n) is 8.35. The number of aromatic nitrogens is 2. The Kier molecular flexibility index (Phi) is 5.50. The molecule has 1 atom stereocenters. The third kappa shape index (κ3) is 4.26. The van der Waals surface area contributed by atoms with Gasteiger partial charge in [-0.2, -0.15) is 0 Å². The fraction of sp³-hybridized carbons (Fsp3) is 0.471. The Hall–Kier alpha value is -2.19. The lowest BCUT2D eigenvalue weighted by Gasteiger charge is -2.32. The number of nitrogens with zero attached hydrogens (tertiary/aromatic N) is 3. The van der Waals surface area contributed by atoms with Crippen molar-refractivity contribution in [3.63, 3.8) is 0 Å². The summed E-state index contributed by atoms with van der Waals surface area (Å²) in [6.45, 7) is 2.54. The number of carbonyl (C=O) groups excluding carboxylic acids is 1. The number of anilines is 1. The number of carbonyl (C=O) groups is 2. The molecule has 2 aromatic heterocycles. The topological polar surface area (TPSA) is 87.5 Å². The summed E-state index contributed by atoms with van der Waals surface area (Å²) in [6, 6.07) is 1.63. The zero-order valence-corrected chi connectivity index (χ0v) is 15.0. The van der Waals surface area contributed by atoms with Crippen molar-refractivity contribution in [3.8, 4) is 0 Å². The molecule has 3 rings (SSSR count).